The summed E-state index contributed by atoms with van der Waals surface area (Å²) in [5.41, 5.74) is 1.34. The van der Waals surface area contributed by atoms with Gasteiger partial charge in [-0.3, -0.25) is 4.79 Å². The molecule has 0 bridgehead atoms. The van der Waals surface area contributed by atoms with Gasteiger partial charge in [0.05, 0.1) is 17.0 Å². The molecule has 1 N–H and O–H groups in total. The molecule has 7 heteroatoms. The van der Waals surface area contributed by atoms with Gasteiger partial charge >= 0.3 is 0 Å². The van der Waals surface area contributed by atoms with Crippen LogP contribution in [0.3, 0.4) is 0 Å². The second-order valence-electron chi connectivity index (χ2n) is 4.95. The number of para-hydroxylation sites is 1. The van der Waals surface area contributed by atoms with Crippen molar-refractivity contribution in [3.63, 3.8) is 0 Å². The molecule has 0 aliphatic rings. The summed E-state index contributed by atoms with van der Waals surface area (Å²) in [6.07, 6.45) is 0. The van der Waals surface area contributed by atoms with Crippen molar-refractivity contribution >= 4 is 39.3 Å². The van der Waals surface area contributed by atoms with Crippen molar-refractivity contribution in [2.75, 3.05) is 5.32 Å². The molecule has 1 aromatic heterocycles. The van der Waals surface area contributed by atoms with E-state index in [0.29, 0.717) is 23.0 Å². The van der Waals surface area contributed by atoms with E-state index in [9.17, 15) is 4.79 Å². The Kier molecular flexibility index (Phi) is 5.32. The zero-order valence-electron chi connectivity index (χ0n) is 12.8. The largest absolute Gasteiger partial charge is 0.340 e. The minimum absolute atomic E-state index is 0.158. The molecule has 1 amide bonds. The summed E-state index contributed by atoms with van der Waals surface area (Å²) >= 11 is 4.93. The fraction of sp³-hybridized carbons (Fsp3) is 0.118. The molecule has 0 spiro atoms. The first kappa shape index (κ1) is 16.7. The molecule has 0 radical (unpaired) electrons. The molecule has 122 valence electrons. The zero-order chi connectivity index (χ0) is 16.9. The summed E-state index contributed by atoms with van der Waals surface area (Å²) in [4.78, 5) is 17.6. The highest BCUT2D eigenvalue weighted by Gasteiger charge is 2.14. The molecule has 24 heavy (non-hydrogen) atoms. The number of nitrogens with one attached hydrogen (secondary N) is 1. The lowest BCUT2D eigenvalue weighted by molar-refractivity contribution is 0.102. The third-order valence-electron chi connectivity index (χ3n) is 3.18. The quantitative estimate of drug-likeness (QED) is 0.626. The number of hydrogen-bond donors (Lipinski definition) is 1. The number of anilines is 1. The predicted molar refractivity (Wildman–Crippen MR) is 97.1 cm³/mol. The predicted octanol–water partition coefficient (Wildman–Crippen LogP) is 4.69. The van der Waals surface area contributed by atoms with E-state index in [1.807, 2.05) is 42.5 Å². The second-order valence-corrected chi connectivity index (χ2v) is 6.82. The van der Waals surface area contributed by atoms with E-state index in [0.717, 1.165) is 15.1 Å². The summed E-state index contributed by atoms with van der Waals surface area (Å²) in [6, 6.07) is 15.0. The Morgan fingerprint density at radius 2 is 1.96 bits per heavy atom. The molecule has 3 rings (SSSR count). The van der Waals surface area contributed by atoms with E-state index in [1.165, 1.54) is 11.8 Å². The van der Waals surface area contributed by atoms with E-state index in [2.05, 4.69) is 31.4 Å². The van der Waals surface area contributed by atoms with Crippen LogP contribution in [0.2, 0.25) is 0 Å². The summed E-state index contributed by atoms with van der Waals surface area (Å²) in [7, 11) is 0. The molecule has 0 unspecified atom stereocenters. The van der Waals surface area contributed by atoms with Crippen LogP contribution in [-0.4, -0.2) is 16.0 Å². The third-order valence-corrected chi connectivity index (χ3v) is 4.94. The van der Waals surface area contributed by atoms with Gasteiger partial charge in [0.1, 0.15) is 0 Å². The van der Waals surface area contributed by atoms with Crippen molar-refractivity contribution in [2.24, 2.45) is 0 Å². The van der Waals surface area contributed by atoms with Gasteiger partial charge in [0.2, 0.25) is 5.89 Å². The highest BCUT2D eigenvalue weighted by atomic mass is 79.9. The lowest BCUT2D eigenvalue weighted by Crippen LogP contribution is -2.13. The molecule has 5 nitrogen and oxygen atoms in total. The lowest BCUT2D eigenvalue weighted by Gasteiger charge is -2.10. The first-order chi connectivity index (χ1) is 11.6. The maximum Gasteiger partial charge on any atom is 0.256 e. The average Bonchev–Trinajstić information content (AvgIpc) is 3.01. The minimum Gasteiger partial charge on any atom is -0.340 e. The molecule has 2 aromatic carbocycles. The highest BCUT2D eigenvalue weighted by Crippen LogP contribution is 2.27. The lowest BCUT2D eigenvalue weighted by atomic mass is 10.2. The van der Waals surface area contributed by atoms with Crippen molar-refractivity contribution in [1.82, 2.24) is 10.1 Å². The minimum atomic E-state index is -0.158. The SMILES string of the molecule is Cc1nc(CSc2ccccc2C(=O)Nc2ccccc2Br)no1. The van der Waals surface area contributed by atoms with E-state index >= 15 is 0 Å². The fourth-order valence-electron chi connectivity index (χ4n) is 2.07. The number of carbonyl (C=O) groups is 1. The van der Waals surface area contributed by atoms with Gasteiger partial charge in [-0.15, -0.1) is 11.8 Å². The fourth-order valence-corrected chi connectivity index (χ4v) is 3.35. The first-order valence-electron chi connectivity index (χ1n) is 7.20. The topological polar surface area (TPSA) is 68.0 Å². The number of nitrogens with zero attached hydrogens (tertiary/aromatic N) is 2. The van der Waals surface area contributed by atoms with Gasteiger partial charge in [-0.05, 0) is 40.2 Å². The number of halogens is 1. The van der Waals surface area contributed by atoms with Gasteiger partial charge in [0.25, 0.3) is 5.91 Å². The molecule has 3 aromatic rings. The molecule has 0 saturated heterocycles. The monoisotopic (exact) mass is 403 g/mol. The molecule has 0 aliphatic carbocycles. The Bertz CT molecular complexity index is 866. The number of hydrogen-bond acceptors (Lipinski definition) is 5. The highest BCUT2D eigenvalue weighted by molar-refractivity contribution is 9.10. The Labute approximate surface area is 152 Å². The van der Waals surface area contributed by atoms with E-state index in [1.54, 1.807) is 13.0 Å². The van der Waals surface area contributed by atoms with Crippen molar-refractivity contribution < 1.29 is 9.32 Å². The second kappa shape index (κ2) is 7.63. The van der Waals surface area contributed by atoms with Gasteiger partial charge in [-0.2, -0.15) is 4.98 Å². The van der Waals surface area contributed by atoms with Gasteiger partial charge in [0, 0.05) is 16.3 Å². The number of rotatable bonds is 5. The molecule has 0 saturated carbocycles. The third kappa shape index (κ3) is 4.04. The Morgan fingerprint density at radius 3 is 2.71 bits per heavy atom. The van der Waals surface area contributed by atoms with Crippen LogP contribution in [0.5, 0.6) is 0 Å². The molecular weight excluding hydrogens is 390 g/mol. The normalized spacial score (nSPS) is 10.6. The van der Waals surface area contributed by atoms with Crippen molar-refractivity contribution in [2.45, 2.75) is 17.6 Å². The zero-order valence-corrected chi connectivity index (χ0v) is 15.2. The number of aromatic nitrogens is 2. The van der Waals surface area contributed by atoms with Crippen molar-refractivity contribution in [1.29, 1.82) is 0 Å². The summed E-state index contributed by atoms with van der Waals surface area (Å²) in [5.74, 6) is 1.52. The van der Waals surface area contributed by atoms with Crippen LogP contribution < -0.4 is 5.32 Å². The number of carbonyl (C=O) groups excluding carboxylic acids is 1. The first-order valence-corrected chi connectivity index (χ1v) is 8.98. The van der Waals surface area contributed by atoms with Crippen molar-refractivity contribution in [3.05, 3.63) is 70.3 Å². The van der Waals surface area contributed by atoms with Crippen LogP contribution in [0, 0.1) is 6.92 Å². The van der Waals surface area contributed by atoms with Gasteiger partial charge in [-0.25, -0.2) is 0 Å². The Hall–Kier alpha value is -2.12. The van der Waals surface area contributed by atoms with E-state index in [-0.39, 0.29) is 5.91 Å². The Balaban J connectivity index is 1.75. The maximum atomic E-state index is 12.6. The molecule has 1 heterocycles. The standard InChI is InChI=1S/C17H14BrN3O2S/c1-11-19-16(21-23-11)10-24-15-9-5-2-6-12(15)17(22)20-14-8-4-3-7-13(14)18/h2-9H,10H2,1H3,(H,20,22). The van der Waals surface area contributed by atoms with Gasteiger partial charge in [-0.1, -0.05) is 29.4 Å². The number of thioether (sulfide) groups is 1. The van der Waals surface area contributed by atoms with Gasteiger partial charge in [0.15, 0.2) is 5.82 Å². The number of aryl methyl sites for hydroxylation is 1. The summed E-state index contributed by atoms with van der Waals surface area (Å²) < 4.78 is 5.80. The smallest absolute Gasteiger partial charge is 0.256 e. The Morgan fingerprint density at radius 1 is 1.21 bits per heavy atom. The molecule has 0 atom stereocenters. The van der Waals surface area contributed by atoms with Crippen LogP contribution in [0.15, 0.2) is 62.4 Å². The van der Waals surface area contributed by atoms with Crippen LogP contribution in [0.4, 0.5) is 5.69 Å². The van der Waals surface area contributed by atoms with Crippen LogP contribution >= 0.6 is 27.7 Å². The van der Waals surface area contributed by atoms with Crippen LogP contribution in [-0.2, 0) is 5.75 Å². The average molecular weight is 404 g/mol. The summed E-state index contributed by atoms with van der Waals surface area (Å²) in [6.45, 7) is 1.75. The molecule has 0 aliphatic heterocycles. The van der Waals surface area contributed by atoms with Crippen LogP contribution in [0.1, 0.15) is 22.1 Å². The van der Waals surface area contributed by atoms with E-state index in [4.69, 9.17) is 4.52 Å². The molecule has 0 fully saturated rings. The van der Waals surface area contributed by atoms with Crippen LogP contribution in [0.25, 0.3) is 0 Å². The maximum absolute atomic E-state index is 12.6. The summed E-state index contributed by atoms with van der Waals surface area (Å²) in [5, 5.41) is 6.79. The van der Waals surface area contributed by atoms with E-state index < -0.39 is 0 Å². The number of amides is 1. The van der Waals surface area contributed by atoms with Gasteiger partial charge < -0.3 is 9.84 Å². The number of benzene rings is 2. The molecular formula is C17H14BrN3O2S. The van der Waals surface area contributed by atoms with Crippen molar-refractivity contribution in [3.8, 4) is 0 Å².